The number of carbonyl (C=O) groups is 2. The van der Waals surface area contributed by atoms with Crippen molar-refractivity contribution in [3.05, 3.63) is 65.1 Å². The fraction of sp³-hybridized carbons (Fsp3) is 0.238. The van der Waals surface area contributed by atoms with Crippen LogP contribution < -0.4 is 16.0 Å². The first-order chi connectivity index (χ1) is 15.1. The number of nitrogens with one attached hydrogen (secondary N) is 1. The third-order valence-electron chi connectivity index (χ3n) is 5.27. The highest BCUT2D eigenvalue weighted by Crippen LogP contribution is 2.36. The number of anilines is 3. The summed E-state index contributed by atoms with van der Waals surface area (Å²) in [6.07, 6.45) is -1.68. The Morgan fingerprint density at radius 3 is 2.69 bits per heavy atom. The molecule has 3 heterocycles. The fourth-order valence-electron chi connectivity index (χ4n) is 3.71. The first-order valence-electron chi connectivity index (χ1n) is 9.67. The van der Waals surface area contributed by atoms with E-state index in [2.05, 4.69) is 15.4 Å². The number of alkyl halides is 3. The number of carbonyl (C=O) groups excluding carboxylic acids is 2. The molecule has 11 heteroatoms. The van der Waals surface area contributed by atoms with E-state index in [9.17, 15) is 22.8 Å². The Morgan fingerprint density at radius 2 is 2.03 bits per heavy atom. The van der Waals surface area contributed by atoms with Gasteiger partial charge in [-0.15, -0.1) is 0 Å². The molecule has 3 aromatic rings. The largest absolute Gasteiger partial charge is 0.416 e. The molecule has 0 aliphatic carbocycles. The normalized spacial score (nSPS) is 16.1. The van der Waals surface area contributed by atoms with E-state index >= 15 is 0 Å². The molecule has 0 saturated heterocycles. The van der Waals surface area contributed by atoms with Gasteiger partial charge in [0.1, 0.15) is 5.82 Å². The highest BCUT2D eigenvalue weighted by Gasteiger charge is 2.36. The summed E-state index contributed by atoms with van der Waals surface area (Å²) in [7, 11) is 0. The van der Waals surface area contributed by atoms with Crippen LogP contribution in [0.1, 0.15) is 44.9 Å². The number of hydrogen-bond acceptors (Lipinski definition) is 5. The monoisotopic (exact) mass is 444 g/mol. The van der Waals surface area contributed by atoms with Crippen molar-refractivity contribution < 1.29 is 22.8 Å². The van der Waals surface area contributed by atoms with Gasteiger partial charge in [0.2, 0.25) is 0 Å². The van der Waals surface area contributed by atoms with Crippen molar-refractivity contribution in [3.63, 3.8) is 0 Å². The maximum absolute atomic E-state index is 13.3. The maximum Gasteiger partial charge on any atom is 0.416 e. The van der Waals surface area contributed by atoms with Crippen LogP contribution in [0.15, 0.2) is 42.7 Å². The maximum atomic E-state index is 13.3. The van der Waals surface area contributed by atoms with Crippen LogP contribution in [0.4, 0.5) is 30.4 Å². The lowest BCUT2D eigenvalue weighted by molar-refractivity contribution is -0.138. The summed E-state index contributed by atoms with van der Waals surface area (Å²) in [5, 5.41) is 6.84. The van der Waals surface area contributed by atoms with Crippen LogP contribution in [0.2, 0.25) is 0 Å². The number of hydrogen-bond donors (Lipinski definition) is 2. The van der Waals surface area contributed by atoms with E-state index in [1.54, 1.807) is 6.07 Å². The van der Waals surface area contributed by atoms with Crippen LogP contribution in [0.25, 0.3) is 0 Å². The molecule has 8 nitrogen and oxygen atoms in total. The second-order valence-corrected chi connectivity index (χ2v) is 7.50. The molecule has 0 unspecified atom stereocenters. The first-order valence-corrected chi connectivity index (χ1v) is 9.67. The summed E-state index contributed by atoms with van der Waals surface area (Å²) in [6.45, 7) is 3.37. The van der Waals surface area contributed by atoms with Crippen LogP contribution in [0.5, 0.6) is 0 Å². The summed E-state index contributed by atoms with van der Waals surface area (Å²) < 4.78 is 40.8. The number of aryl methyl sites for hydroxylation is 1. The van der Waals surface area contributed by atoms with Gasteiger partial charge in [0.25, 0.3) is 11.8 Å². The number of halogens is 3. The average molecular weight is 444 g/mol. The molecule has 0 fully saturated rings. The van der Waals surface area contributed by atoms with Gasteiger partial charge in [0.05, 0.1) is 29.1 Å². The molecule has 32 heavy (non-hydrogen) atoms. The molecule has 166 valence electrons. The summed E-state index contributed by atoms with van der Waals surface area (Å²) in [6, 6.07) is 6.33. The van der Waals surface area contributed by atoms with Crippen LogP contribution >= 0.6 is 0 Å². The molecule has 1 aliphatic rings. The zero-order chi connectivity index (χ0) is 23.2. The lowest BCUT2D eigenvalue weighted by Crippen LogP contribution is -2.43. The number of benzene rings is 1. The number of rotatable bonds is 3. The molecule has 1 aromatic carbocycles. The minimum Gasteiger partial charge on any atom is -0.383 e. The quantitative estimate of drug-likeness (QED) is 0.641. The minimum absolute atomic E-state index is 0.00936. The summed E-state index contributed by atoms with van der Waals surface area (Å²) in [5.74, 6) is -1.02. The van der Waals surface area contributed by atoms with E-state index in [1.807, 2.05) is 6.92 Å². The van der Waals surface area contributed by atoms with Gasteiger partial charge in [-0.1, -0.05) is 0 Å². The van der Waals surface area contributed by atoms with Crippen molar-refractivity contribution in [1.82, 2.24) is 14.8 Å². The lowest BCUT2D eigenvalue weighted by atomic mass is 10.1. The van der Waals surface area contributed by atoms with Gasteiger partial charge in [0, 0.05) is 18.4 Å². The Kier molecular flexibility index (Phi) is 5.11. The topological polar surface area (TPSA) is 106 Å². The van der Waals surface area contributed by atoms with E-state index in [-0.39, 0.29) is 40.9 Å². The van der Waals surface area contributed by atoms with Gasteiger partial charge in [-0.3, -0.25) is 14.3 Å². The third kappa shape index (κ3) is 3.66. The zero-order valence-corrected chi connectivity index (χ0v) is 17.1. The van der Waals surface area contributed by atoms with Gasteiger partial charge in [-0.25, -0.2) is 4.98 Å². The van der Waals surface area contributed by atoms with E-state index in [0.29, 0.717) is 5.69 Å². The van der Waals surface area contributed by atoms with E-state index < -0.39 is 23.6 Å². The third-order valence-corrected chi connectivity index (χ3v) is 5.27. The smallest absolute Gasteiger partial charge is 0.383 e. The van der Waals surface area contributed by atoms with Crippen molar-refractivity contribution in [2.24, 2.45) is 0 Å². The molecular formula is C21H19F3N6O2. The molecule has 1 atom stereocenters. The van der Waals surface area contributed by atoms with E-state index in [1.165, 1.54) is 47.1 Å². The first kappa shape index (κ1) is 21.3. The molecule has 0 saturated carbocycles. The Hall–Kier alpha value is -3.89. The van der Waals surface area contributed by atoms with Gasteiger partial charge in [0.15, 0.2) is 5.69 Å². The Bertz CT molecular complexity index is 1220. The zero-order valence-electron chi connectivity index (χ0n) is 17.1. The predicted molar refractivity (Wildman–Crippen MR) is 111 cm³/mol. The highest BCUT2D eigenvalue weighted by molar-refractivity contribution is 6.14. The SMILES string of the molecule is Cc1cc(N2C[C@H](C)n3ncc(NC(=O)c4cccnc4N)c3C2=O)ccc1C(F)(F)F. The summed E-state index contributed by atoms with van der Waals surface area (Å²) >= 11 is 0. The number of nitrogen functional groups attached to an aromatic ring is 1. The Balaban J connectivity index is 1.67. The number of pyridine rings is 1. The standard InChI is InChI=1S/C21H19F3N6O2/c1-11-8-13(5-6-15(11)21(22,23)24)29-10-12(2)30-17(20(29)32)16(9-27-30)28-19(31)14-4-3-7-26-18(14)25/h3-9,12H,10H2,1-2H3,(H2,25,26)(H,28,31)/t12-/m0/s1. The number of nitrogens with two attached hydrogens (primary N) is 1. The second kappa shape index (κ2) is 7.66. The molecule has 4 rings (SSSR count). The number of fused-ring (bicyclic) bond motifs is 1. The van der Waals surface area contributed by atoms with Gasteiger partial charge >= 0.3 is 6.18 Å². The Morgan fingerprint density at radius 1 is 1.28 bits per heavy atom. The van der Waals surface area contributed by atoms with E-state index in [4.69, 9.17) is 5.73 Å². The van der Waals surface area contributed by atoms with Crippen molar-refractivity contribution in [2.75, 3.05) is 22.5 Å². The molecule has 2 amide bonds. The molecular weight excluding hydrogens is 425 g/mol. The molecule has 0 radical (unpaired) electrons. The average Bonchev–Trinajstić information content (AvgIpc) is 3.14. The predicted octanol–water partition coefficient (Wildman–Crippen LogP) is 3.66. The molecule has 3 N–H and O–H groups in total. The van der Waals surface area contributed by atoms with Crippen molar-refractivity contribution in [1.29, 1.82) is 0 Å². The molecule has 1 aliphatic heterocycles. The summed E-state index contributed by atoms with van der Waals surface area (Å²) in [5.41, 5.74) is 5.75. The number of aromatic nitrogens is 3. The molecule has 0 bridgehead atoms. The Labute approximate surface area is 180 Å². The van der Waals surface area contributed by atoms with Crippen molar-refractivity contribution in [3.8, 4) is 0 Å². The molecule has 0 spiro atoms. The van der Waals surface area contributed by atoms with Crippen LogP contribution in [-0.2, 0) is 6.18 Å². The van der Waals surface area contributed by atoms with Gasteiger partial charge in [-0.2, -0.15) is 18.3 Å². The van der Waals surface area contributed by atoms with Crippen molar-refractivity contribution >= 4 is 29.0 Å². The highest BCUT2D eigenvalue weighted by atomic mass is 19.4. The summed E-state index contributed by atoms with van der Waals surface area (Å²) in [4.78, 5) is 31.2. The van der Waals surface area contributed by atoms with Crippen molar-refractivity contribution in [2.45, 2.75) is 26.1 Å². The second-order valence-electron chi connectivity index (χ2n) is 7.50. The van der Waals surface area contributed by atoms with Crippen LogP contribution in [0.3, 0.4) is 0 Å². The lowest BCUT2D eigenvalue weighted by Gasteiger charge is -2.32. The minimum atomic E-state index is -4.48. The van der Waals surface area contributed by atoms with Gasteiger partial charge in [-0.05, 0) is 49.7 Å². The van der Waals surface area contributed by atoms with Crippen LogP contribution in [0, 0.1) is 6.92 Å². The number of nitrogens with zero attached hydrogens (tertiary/aromatic N) is 4. The van der Waals surface area contributed by atoms with Crippen LogP contribution in [-0.4, -0.2) is 33.1 Å². The fourth-order valence-corrected chi connectivity index (χ4v) is 3.71. The molecule has 2 aromatic heterocycles. The van der Waals surface area contributed by atoms with Gasteiger partial charge < -0.3 is 16.0 Å². The van der Waals surface area contributed by atoms with E-state index in [0.717, 1.165) is 6.07 Å². The number of amides is 2.